The second kappa shape index (κ2) is 6.62. The van der Waals surface area contributed by atoms with Gasteiger partial charge >= 0.3 is 0 Å². The molecular weight excluding hydrogens is 290 g/mol. The zero-order valence-electron chi connectivity index (χ0n) is 12.5. The first-order valence-electron chi connectivity index (χ1n) is 7.39. The summed E-state index contributed by atoms with van der Waals surface area (Å²) in [6, 6.07) is 3.54. The third-order valence-electron chi connectivity index (χ3n) is 4.45. The molecule has 1 saturated heterocycles. The molecule has 2 unspecified atom stereocenters. The van der Waals surface area contributed by atoms with E-state index in [1.165, 1.54) is 6.42 Å². The minimum Gasteiger partial charge on any atom is -0.367 e. The monoisotopic (exact) mass is 311 g/mol. The summed E-state index contributed by atoms with van der Waals surface area (Å²) < 4.78 is 0. The van der Waals surface area contributed by atoms with Crippen molar-refractivity contribution in [2.45, 2.75) is 39.2 Å². The first kappa shape index (κ1) is 16.0. The summed E-state index contributed by atoms with van der Waals surface area (Å²) in [6.45, 7) is 5.61. The molecule has 0 radical (unpaired) electrons. The van der Waals surface area contributed by atoms with Gasteiger partial charge in [0.15, 0.2) is 0 Å². The minimum absolute atomic E-state index is 0.0364. The molecule has 0 saturated carbocycles. The summed E-state index contributed by atoms with van der Waals surface area (Å²) in [5.74, 6) is 0.712. The van der Waals surface area contributed by atoms with Gasteiger partial charge in [-0.25, -0.2) is 0 Å². The van der Waals surface area contributed by atoms with Gasteiger partial charge in [0.05, 0.1) is 4.92 Å². The largest absolute Gasteiger partial charge is 0.367 e. The van der Waals surface area contributed by atoms with Crippen molar-refractivity contribution < 1.29 is 4.92 Å². The number of nitrogens with two attached hydrogens (primary N) is 1. The first-order valence-corrected chi connectivity index (χ1v) is 7.77. The van der Waals surface area contributed by atoms with Crippen LogP contribution in [0.15, 0.2) is 12.1 Å². The number of nitrogens with zero attached hydrogens (tertiary/aromatic N) is 2. The SMILES string of the molecule is CCC1CCN(c2cc(Cl)c([N+](=O)[O-])cc2C)C(CN)C1. The molecule has 2 N–H and O–H groups in total. The van der Waals surface area contributed by atoms with Gasteiger partial charge in [-0.05, 0) is 37.3 Å². The van der Waals surface area contributed by atoms with Gasteiger partial charge in [0.2, 0.25) is 0 Å². The van der Waals surface area contributed by atoms with Crippen LogP contribution in [0.2, 0.25) is 5.02 Å². The van der Waals surface area contributed by atoms with E-state index in [2.05, 4.69) is 11.8 Å². The normalized spacial score (nSPS) is 22.4. The highest BCUT2D eigenvalue weighted by molar-refractivity contribution is 6.33. The van der Waals surface area contributed by atoms with E-state index >= 15 is 0 Å². The maximum atomic E-state index is 11.0. The molecule has 1 heterocycles. The molecule has 0 aliphatic carbocycles. The fourth-order valence-electron chi connectivity index (χ4n) is 3.15. The number of halogens is 1. The molecular formula is C15H22ClN3O2. The molecule has 2 atom stereocenters. The summed E-state index contributed by atoms with van der Waals surface area (Å²) in [5.41, 5.74) is 7.74. The zero-order chi connectivity index (χ0) is 15.6. The summed E-state index contributed by atoms with van der Waals surface area (Å²) in [7, 11) is 0. The van der Waals surface area contributed by atoms with Crippen LogP contribution >= 0.6 is 11.6 Å². The Morgan fingerprint density at radius 3 is 2.81 bits per heavy atom. The maximum Gasteiger partial charge on any atom is 0.288 e. The lowest BCUT2D eigenvalue weighted by Gasteiger charge is -2.41. The van der Waals surface area contributed by atoms with E-state index in [0.29, 0.717) is 12.5 Å². The number of anilines is 1. The van der Waals surface area contributed by atoms with Crippen LogP contribution in [0.25, 0.3) is 0 Å². The van der Waals surface area contributed by atoms with Gasteiger partial charge < -0.3 is 10.6 Å². The van der Waals surface area contributed by atoms with Crippen molar-refractivity contribution in [3.63, 3.8) is 0 Å². The van der Waals surface area contributed by atoms with E-state index in [4.69, 9.17) is 17.3 Å². The molecule has 1 fully saturated rings. The second-order valence-corrected chi connectivity index (χ2v) is 6.14. The Bertz CT molecular complexity index is 536. The molecule has 0 aromatic heterocycles. The van der Waals surface area contributed by atoms with Crippen LogP contribution in [0.3, 0.4) is 0 Å². The molecule has 0 spiro atoms. The average Bonchev–Trinajstić information content (AvgIpc) is 2.48. The molecule has 116 valence electrons. The van der Waals surface area contributed by atoms with Crippen LogP contribution in [-0.4, -0.2) is 24.1 Å². The van der Waals surface area contributed by atoms with Crippen LogP contribution < -0.4 is 10.6 Å². The summed E-state index contributed by atoms with van der Waals surface area (Å²) in [6.07, 6.45) is 3.37. The molecule has 0 bridgehead atoms. The lowest BCUT2D eigenvalue weighted by atomic mass is 9.88. The predicted molar refractivity (Wildman–Crippen MR) is 86.0 cm³/mol. The predicted octanol–water partition coefficient (Wildman–Crippen LogP) is 3.51. The van der Waals surface area contributed by atoms with Crippen molar-refractivity contribution in [2.75, 3.05) is 18.0 Å². The number of hydrogen-bond acceptors (Lipinski definition) is 4. The van der Waals surface area contributed by atoms with Crippen molar-refractivity contribution in [1.29, 1.82) is 0 Å². The number of aryl methyl sites for hydroxylation is 1. The lowest BCUT2D eigenvalue weighted by Crippen LogP contribution is -2.47. The van der Waals surface area contributed by atoms with E-state index in [-0.39, 0.29) is 16.8 Å². The highest BCUT2D eigenvalue weighted by Gasteiger charge is 2.29. The van der Waals surface area contributed by atoms with Gasteiger partial charge in [-0.1, -0.05) is 24.9 Å². The molecule has 2 rings (SSSR count). The Morgan fingerprint density at radius 1 is 1.52 bits per heavy atom. The first-order chi connectivity index (χ1) is 9.97. The standard InChI is InChI=1S/C15H22ClN3O2/c1-3-11-4-5-18(12(7-11)9-17)14-8-13(16)15(19(20)21)6-10(14)2/h6,8,11-12H,3-5,7,9,17H2,1-2H3. The molecule has 6 heteroatoms. The summed E-state index contributed by atoms with van der Waals surface area (Å²) in [4.78, 5) is 12.8. The van der Waals surface area contributed by atoms with Gasteiger partial charge in [-0.3, -0.25) is 10.1 Å². The summed E-state index contributed by atoms with van der Waals surface area (Å²) in [5, 5.41) is 11.1. The highest BCUT2D eigenvalue weighted by atomic mass is 35.5. The average molecular weight is 312 g/mol. The Hall–Kier alpha value is -1.33. The number of nitro benzene ring substituents is 1. The van der Waals surface area contributed by atoms with E-state index in [1.54, 1.807) is 12.1 Å². The molecule has 1 aromatic rings. The van der Waals surface area contributed by atoms with Crippen LogP contribution in [-0.2, 0) is 0 Å². The van der Waals surface area contributed by atoms with Crippen molar-refractivity contribution >= 4 is 23.0 Å². The van der Waals surface area contributed by atoms with Gasteiger partial charge in [0, 0.05) is 30.9 Å². The van der Waals surface area contributed by atoms with E-state index in [0.717, 1.165) is 30.6 Å². The number of nitro groups is 1. The van der Waals surface area contributed by atoms with E-state index < -0.39 is 4.92 Å². The third-order valence-corrected chi connectivity index (χ3v) is 4.75. The number of piperidine rings is 1. The van der Waals surface area contributed by atoms with Crippen molar-refractivity contribution in [1.82, 2.24) is 0 Å². The Labute approximate surface area is 130 Å². The molecule has 1 aromatic carbocycles. The van der Waals surface area contributed by atoms with E-state index in [9.17, 15) is 10.1 Å². The smallest absolute Gasteiger partial charge is 0.288 e. The molecule has 21 heavy (non-hydrogen) atoms. The third kappa shape index (κ3) is 3.30. The molecule has 1 aliphatic heterocycles. The quantitative estimate of drug-likeness (QED) is 0.682. The van der Waals surface area contributed by atoms with Gasteiger partial charge in [-0.2, -0.15) is 0 Å². The minimum atomic E-state index is -0.442. The molecule has 5 nitrogen and oxygen atoms in total. The van der Waals surface area contributed by atoms with Crippen LogP contribution in [0.1, 0.15) is 31.7 Å². The zero-order valence-corrected chi connectivity index (χ0v) is 13.3. The number of hydrogen-bond donors (Lipinski definition) is 1. The summed E-state index contributed by atoms with van der Waals surface area (Å²) >= 11 is 6.06. The van der Waals surface area contributed by atoms with E-state index in [1.807, 2.05) is 6.92 Å². The van der Waals surface area contributed by atoms with Gasteiger partial charge in [0.1, 0.15) is 5.02 Å². The Balaban J connectivity index is 2.33. The number of benzene rings is 1. The molecule has 1 aliphatic rings. The second-order valence-electron chi connectivity index (χ2n) is 5.73. The lowest BCUT2D eigenvalue weighted by molar-refractivity contribution is -0.384. The fraction of sp³-hybridized carbons (Fsp3) is 0.600. The highest BCUT2D eigenvalue weighted by Crippen LogP contribution is 2.36. The van der Waals surface area contributed by atoms with Gasteiger partial charge in [-0.15, -0.1) is 0 Å². The fourth-order valence-corrected chi connectivity index (χ4v) is 3.38. The van der Waals surface area contributed by atoms with Crippen LogP contribution in [0.4, 0.5) is 11.4 Å². The maximum absolute atomic E-state index is 11.0. The van der Waals surface area contributed by atoms with Crippen LogP contribution in [0.5, 0.6) is 0 Å². The number of rotatable bonds is 4. The van der Waals surface area contributed by atoms with Crippen molar-refractivity contribution in [2.24, 2.45) is 11.7 Å². The Kier molecular flexibility index (Phi) is 5.06. The Morgan fingerprint density at radius 2 is 2.24 bits per heavy atom. The van der Waals surface area contributed by atoms with Crippen molar-refractivity contribution in [3.8, 4) is 0 Å². The topological polar surface area (TPSA) is 72.4 Å². The van der Waals surface area contributed by atoms with Crippen LogP contribution in [0, 0.1) is 23.0 Å². The van der Waals surface area contributed by atoms with Gasteiger partial charge in [0.25, 0.3) is 5.69 Å². The molecule has 0 amide bonds. The van der Waals surface area contributed by atoms with Crippen molar-refractivity contribution in [3.05, 3.63) is 32.8 Å².